The molecule has 4 rings (SSSR count). The Balaban J connectivity index is 2.04. The van der Waals surface area contributed by atoms with E-state index in [1.165, 1.54) is 0 Å². The average molecular weight is 416 g/mol. The molecule has 2 heterocycles. The van der Waals surface area contributed by atoms with Crippen LogP contribution >= 0.6 is 23.4 Å². The summed E-state index contributed by atoms with van der Waals surface area (Å²) in [7, 11) is 0. The molecule has 1 aliphatic heterocycles. The summed E-state index contributed by atoms with van der Waals surface area (Å²) >= 11 is 7.88. The minimum absolute atomic E-state index is 0.0880. The number of halogens is 2. The molecule has 2 aromatic carbocycles. The number of aryl methyl sites for hydroxylation is 1. The molecular formula is C22H22ClFN2OS. The van der Waals surface area contributed by atoms with Gasteiger partial charge in [0.05, 0.1) is 12.2 Å². The van der Waals surface area contributed by atoms with Gasteiger partial charge < -0.3 is 9.47 Å². The van der Waals surface area contributed by atoms with Gasteiger partial charge >= 0.3 is 0 Å². The van der Waals surface area contributed by atoms with Crippen molar-refractivity contribution < 1.29 is 9.18 Å². The van der Waals surface area contributed by atoms with E-state index in [-0.39, 0.29) is 17.7 Å². The van der Waals surface area contributed by atoms with Crippen molar-refractivity contribution >= 4 is 40.2 Å². The van der Waals surface area contributed by atoms with Crippen molar-refractivity contribution in [2.45, 2.75) is 30.5 Å². The monoisotopic (exact) mass is 415 g/mol. The van der Waals surface area contributed by atoms with Gasteiger partial charge in [0.15, 0.2) is 0 Å². The number of likely N-dealkylation sites (N-methyl/N-ethyl adjacent to an activating group) is 1. The van der Waals surface area contributed by atoms with Crippen molar-refractivity contribution in [1.82, 2.24) is 9.47 Å². The van der Waals surface area contributed by atoms with Crippen LogP contribution in [-0.4, -0.2) is 35.1 Å². The van der Waals surface area contributed by atoms with Crippen molar-refractivity contribution in [2.75, 3.05) is 19.8 Å². The number of thioether (sulfide) groups is 1. The van der Waals surface area contributed by atoms with Gasteiger partial charge in [-0.2, -0.15) is 0 Å². The van der Waals surface area contributed by atoms with Crippen LogP contribution in [0, 0.1) is 0 Å². The highest BCUT2D eigenvalue weighted by atomic mass is 35.5. The van der Waals surface area contributed by atoms with Gasteiger partial charge in [-0.3, -0.25) is 4.79 Å². The van der Waals surface area contributed by atoms with Gasteiger partial charge in [-0.1, -0.05) is 29.8 Å². The molecule has 1 amide bonds. The van der Waals surface area contributed by atoms with Crippen molar-refractivity contribution in [3.05, 3.63) is 53.1 Å². The van der Waals surface area contributed by atoms with Gasteiger partial charge in [-0.15, -0.1) is 11.8 Å². The number of alkyl halides is 1. The lowest BCUT2D eigenvalue weighted by Gasteiger charge is -2.29. The van der Waals surface area contributed by atoms with Crippen molar-refractivity contribution in [1.29, 1.82) is 0 Å². The van der Waals surface area contributed by atoms with Crippen molar-refractivity contribution in [2.24, 2.45) is 0 Å². The van der Waals surface area contributed by atoms with E-state index in [1.807, 2.05) is 59.7 Å². The highest BCUT2D eigenvalue weighted by molar-refractivity contribution is 8.00. The molecule has 1 atom stereocenters. The molecule has 1 aliphatic rings. The topological polar surface area (TPSA) is 25.2 Å². The summed E-state index contributed by atoms with van der Waals surface area (Å²) in [5.74, 6) is 0.0880. The second-order valence-corrected chi connectivity index (χ2v) is 8.35. The normalized spacial score (nSPS) is 15.4. The summed E-state index contributed by atoms with van der Waals surface area (Å²) in [6, 6.07) is 13.7. The summed E-state index contributed by atoms with van der Waals surface area (Å²) in [6.07, 6.45) is 0. The maximum absolute atomic E-state index is 13.5. The van der Waals surface area contributed by atoms with Gasteiger partial charge in [-0.05, 0) is 38.1 Å². The minimum Gasteiger partial charge on any atom is -0.342 e. The highest BCUT2D eigenvalue weighted by Gasteiger charge is 2.37. The zero-order valence-corrected chi connectivity index (χ0v) is 17.5. The summed E-state index contributed by atoms with van der Waals surface area (Å²) in [6.45, 7) is 5.09. The molecule has 6 heteroatoms. The van der Waals surface area contributed by atoms with E-state index in [1.54, 1.807) is 11.8 Å². The van der Waals surface area contributed by atoms with E-state index in [2.05, 4.69) is 6.07 Å². The Morgan fingerprint density at radius 2 is 1.96 bits per heavy atom. The van der Waals surface area contributed by atoms with E-state index in [0.29, 0.717) is 18.1 Å². The molecule has 0 fully saturated rings. The van der Waals surface area contributed by atoms with Gasteiger partial charge in [0.25, 0.3) is 0 Å². The Kier molecular flexibility index (Phi) is 5.39. The third kappa shape index (κ3) is 3.01. The molecule has 0 N–H and O–H groups in total. The molecule has 0 bridgehead atoms. The molecule has 3 nitrogen and oxygen atoms in total. The molecule has 0 radical (unpaired) electrons. The lowest BCUT2D eigenvalue weighted by Crippen LogP contribution is -2.34. The zero-order chi connectivity index (χ0) is 19.8. The Morgan fingerprint density at radius 1 is 1.21 bits per heavy atom. The van der Waals surface area contributed by atoms with Crippen molar-refractivity contribution in [3.63, 3.8) is 0 Å². The van der Waals surface area contributed by atoms with E-state index in [4.69, 9.17) is 11.6 Å². The zero-order valence-electron chi connectivity index (χ0n) is 15.9. The van der Waals surface area contributed by atoms with Crippen LogP contribution in [0.5, 0.6) is 0 Å². The fourth-order valence-electron chi connectivity index (χ4n) is 4.05. The first-order valence-electron chi connectivity index (χ1n) is 9.53. The number of rotatable bonds is 5. The third-order valence-electron chi connectivity index (χ3n) is 5.32. The number of benzene rings is 2. The Hall–Kier alpha value is -1.98. The Labute approximate surface area is 173 Å². The number of nitrogens with zero attached hydrogens (tertiary/aromatic N) is 2. The SMILES string of the molecule is CCN(CC)C(=O)C1Sc2ccccc2-c2c1c1cc(Cl)ccc1n2CC[18F]. The van der Waals surface area contributed by atoms with E-state index in [0.717, 1.165) is 32.6 Å². The van der Waals surface area contributed by atoms with Gasteiger partial charge in [0.1, 0.15) is 11.9 Å². The first-order valence-corrected chi connectivity index (χ1v) is 10.8. The predicted molar refractivity (Wildman–Crippen MR) is 115 cm³/mol. The van der Waals surface area contributed by atoms with Crippen LogP contribution in [0.25, 0.3) is 22.2 Å². The number of hydrogen-bond donors (Lipinski definition) is 0. The molecule has 0 aliphatic carbocycles. The molecule has 0 saturated carbocycles. The average Bonchev–Trinajstić information content (AvgIpc) is 3.02. The molecular weight excluding hydrogens is 394 g/mol. The van der Waals surface area contributed by atoms with E-state index < -0.39 is 6.67 Å². The quantitative estimate of drug-likeness (QED) is 0.514. The molecule has 0 spiro atoms. The number of fused-ring (bicyclic) bond motifs is 5. The summed E-state index contributed by atoms with van der Waals surface area (Å²) in [5, 5.41) is 1.18. The van der Waals surface area contributed by atoms with Crippen LogP contribution < -0.4 is 0 Å². The first-order chi connectivity index (χ1) is 13.6. The smallest absolute Gasteiger partial charge is 0.240 e. The molecule has 1 aromatic heterocycles. The maximum atomic E-state index is 13.5. The van der Waals surface area contributed by atoms with Gasteiger partial charge in [0, 0.05) is 45.0 Å². The van der Waals surface area contributed by atoms with Crippen LogP contribution in [0.3, 0.4) is 0 Å². The van der Waals surface area contributed by atoms with E-state index >= 15 is 0 Å². The third-order valence-corrected chi connectivity index (χ3v) is 6.84. The minimum atomic E-state index is -0.469. The predicted octanol–water partition coefficient (Wildman–Crippen LogP) is 5.95. The standard InChI is InChI=1S/C22H22ClFN2OS/c1-3-25(4-2)22(27)21-19-16-13-14(23)9-10-17(16)26(12-11-24)20(19)15-7-5-6-8-18(15)28-21/h5-10,13,21H,3-4,11-12H2,1-2H3/i24-1. The van der Waals surface area contributed by atoms with E-state index in [9.17, 15) is 9.18 Å². The number of carbonyl (C=O) groups excluding carboxylic acids is 1. The van der Waals surface area contributed by atoms with Crippen LogP contribution in [0.2, 0.25) is 5.02 Å². The summed E-state index contributed by atoms with van der Waals surface area (Å²) < 4.78 is 15.5. The van der Waals surface area contributed by atoms with Gasteiger partial charge in [0.2, 0.25) is 5.91 Å². The second-order valence-electron chi connectivity index (χ2n) is 6.77. The van der Waals surface area contributed by atoms with Gasteiger partial charge in [-0.25, -0.2) is 4.39 Å². The number of carbonyl (C=O) groups is 1. The molecule has 28 heavy (non-hydrogen) atoms. The molecule has 0 saturated heterocycles. The maximum Gasteiger partial charge on any atom is 0.240 e. The number of aromatic nitrogens is 1. The lowest BCUT2D eigenvalue weighted by molar-refractivity contribution is -0.130. The number of amides is 1. The fraction of sp³-hybridized carbons (Fsp3) is 0.318. The fourth-order valence-corrected chi connectivity index (χ4v) is 5.53. The highest BCUT2D eigenvalue weighted by Crippen LogP contribution is 2.53. The number of hydrogen-bond acceptors (Lipinski definition) is 2. The first kappa shape index (κ1) is 19.3. The molecule has 146 valence electrons. The van der Waals surface area contributed by atoms with Crippen LogP contribution in [0.4, 0.5) is 4.39 Å². The Bertz CT molecular complexity index is 1040. The van der Waals surface area contributed by atoms with Crippen molar-refractivity contribution in [3.8, 4) is 11.3 Å². The largest absolute Gasteiger partial charge is 0.342 e. The second kappa shape index (κ2) is 7.80. The van der Waals surface area contributed by atoms with Crippen LogP contribution in [0.1, 0.15) is 24.7 Å². The molecule has 1 unspecified atom stereocenters. The van der Waals surface area contributed by atoms with Crippen LogP contribution in [-0.2, 0) is 11.3 Å². The van der Waals surface area contributed by atoms with Crippen LogP contribution in [0.15, 0.2) is 47.4 Å². The summed E-state index contributed by atoms with van der Waals surface area (Å²) in [4.78, 5) is 16.3. The Morgan fingerprint density at radius 3 is 2.68 bits per heavy atom. The molecule has 3 aromatic rings. The summed E-state index contributed by atoms with van der Waals surface area (Å²) in [5.41, 5.74) is 3.86. The lowest BCUT2D eigenvalue weighted by atomic mass is 10.0.